The van der Waals surface area contributed by atoms with Crippen molar-refractivity contribution in [3.63, 3.8) is 0 Å². The van der Waals surface area contributed by atoms with E-state index in [4.69, 9.17) is 10.5 Å². The van der Waals surface area contributed by atoms with Crippen LogP contribution in [0.2, 0.25) is 0 Å². The second-order valence-electron chi connectivity index (χ2n) is 5.04. The number of methoxy groups -OCH3 is 1. The second kappa shape index (κ2) is 9.77. The van der Waals surface area contributed by atoms with Crippen LogP contribution < -0.4 is 11.1 Å². The monoisotopic (exact) mass is 359 g/mol. The molecule has 0 spiro atoms. The molecule has 1 aliphatic heterocycles. The van der Waals surface area contributed by atoms with Crippen LogP contribution in [0.4, 0.5) is 5.69 Å². The van der Waals surface area contributed by atoms with Crippen LogP contribution in [-0.4, -0.2) is 61.1 Å². The molecule has 0 aromatic heterocycles. The Morgan fingerprint density at radius 2 is 2.09 bits per heavy atom. The number of thioether (sulfide) groups is 1. The first kappa shape index (κ1) is 19.8. The Labute approximate surface area is 146 Å². The van der Waals surface area contributed by atoms with E-state index in [9.17, 15) is 9.59 Å². The van der Waals surface area contributed by atoms with Gasteiger partial charge in [-0.3, -0.25) is 9.59 Å². The number of carbonyl (C=O) groups is 2. The number of nitrogens with zero attached hydrogens (tertiary/aromatic N) is 1. The Hall–Kier alpha value is -1.28. The summed E-state index contributed by atoms with van der Waals surface area (Å²) in [5.41, 5.74) is 6.81. The molecule has 2 amide bonds. The summed E-state index contributed by atoms with van der Waals surface area (Å²) in [6.45, 7) is 1.67. The van der Waals surface area contributed by atoms with Crippen molar-refractivity contribution in [3.8, 4) is 0 Å². The van der Waals surface area contributed by atoms with Crippen molar-refractivity contribution in [2.45, 2.75) is 6.04 Å². The van der Waals surface area contributed by atoms with E-state index in [1.54, 1.807) is 24.3 Å². The van der Waals surface area contributed by atoms with Gasteiger partial charge in [-0.25, -0.2) is 0 Å². The van der Waals surface area contributed by atoms with Gasteiger partial charge >= 0.3 is 0 Å². The van der Waals surface area contributed by atoms with Crippen molar-refractivity contribution in [1.82, 2.24) is 4.90 Å². The molecular weight excluding hydrogens is 338 g/mol. The van der Waals surface area contributed by atoms with Gasteiger partial charge in [0.25, 0.3) is 5.91 Å². The highest BCUT2D eigenvalue weighted by molar-refractivity contribution is 7.99. The summed E-state index contributed by atoms with van der Waals surface area (Å²) in [5.74, 6) is 1.60. The minimum absolute atomic E-state index is 0. The third-order valence-electron chi connectivity index (χ3n) is 3.36. The molecule has 0 aliphatic carbocycles. The Balaban J connectivity index is 0.00000264. The molecule has 0 bridgehead atoms. The quantitative estimate of drug-likeness (QED) is 0.825. The normalized spacial score (nSPS) is 15.5. The van der Waals surface area contributed by atoms with Crippen LogP contribution in [0.1, 0.15) is 10.4 Å². The Kier molecular flexibility index (Phi) is 8.40. The molecule has 23 heavy (non-hydrogen) atoms. The molecule has 1 fully saturated rings. The van der Waals surface area contributed by atoms with Gasteiger partial charge in [-0.15, -0.1) is 12.4 Å². The molecule has 8 heteroatoms. The molecule has 1 atom stereocenters. The molecule has 0 saturated carbocycles. The lowest BCUT2D eigenvalue weighted by atomic mass is 10.1. The van der Waals surface area contributed by atoms with Gasteiger partial charge in [0.15, 0.2) is 0 Å². The second-order valence-corrected chi connectivity index (χ2v) is 6.26. The van der Waals surface area contributed by atoms with E-state index in [-0.39, 0.29) is 30.8 Å². The minimum Gasteiger partial charge on any atom is -0.383 e. The molecule has 6 nitrogen and oxygen atoms in total. The Morgan fingerprint density at radius 3 is 2.74 bits per heavy atom. The fraction of sp³-hybridized carbons (Fsp3) is 0.467. The van der Waals surface area contributed by atoms with Crippen molar-refractivity contribution in [2.24, 2.45) is 5.73 Å². The van der Waals surface area contributed by atoms with E-state index in [0.29, 0.717) is 11.3 Å². The first-order chi connectivity index (χ1) is 10.6. The lowest BCUT2D eigenvalue weighted by Crippen LogP contribution is -2.39. The summed E-state index contributed by atoms with van der Waals surface area (Å²) < 4.78 is 4.86. The van der Waals surface area contributed by atoms with E-state index >= 15 is 0 Å². The third kappa shape index (κ3) is 5.69. The van der Waals surface area contributed by atoms with Crippen molar-refractivity contribution in [1.29, 1.82) is 0 Å². The van der Waals surface area contributed by atoms with Crippen LogP contribution >= 0.6 is 24.2 Å². The number of nitrogens with one attached hydrogen (secondary N) is 1. The summed E-state index contributed by atoms with van der Waals surface area (Å²) in [5, 5.41) is 2.71. The molecule has 1 aromatic rings. The predicted octanol–water partition coefficient (Wildman–Crippen LogP) is 1.21. The maximum Gasteiger partial charge on any atom is 0.253 e. The van der Waals surface area contributed by atoms with Crippen molar-refractivity contribution in [2.75, 3.05) is 43.6 Å². The number of hydrogen-bond donors (Lipinski definition) is 2. The Bertz CT molecular complexity index is 538. The van der Waals surface area contributed by atoms with Crippen LogP contribution in [0.3, 0.4) is 0 Å². The summed E-state index contributed by atoms with van der Waals surface area (Å²) in [7, 11) is 1.49. The standard InChI is InChI=1S/C15H21N3O3S.ClH/c1-21-10-13(16)14(19)17-12-4-2-3-11(9-12)15(20)18-5-7-22-8-6-18;/h2-4,9,13H,5-8,10,16H2,1H3,(H,17,19);1H. The van der Waals surface area contributed by atoms with Crippen LogP contribution in [-0.2, 0) is 9.53 Å². The number of rotatable bonds is 5. The number of anilines is 1. The van der Waals surface area contributed by atoms with Crippen LogP contribution in [0, 0.1) is 0 Å². The van der Waals surface area contributed by atoms with E-state index in [1.807, 2.05) is 16.7 Å². The van der Waals surface area contributed by atoms with Crippen LogP contribution in [0.25, 0.3) is 0 Å². The van der Waals surface area contributed by atoms with Gasteiger partial charge < -0.3 is 20.7 Å². The van der Waals surface area contributed by atoms with Gasteiger partial charge in [0.05, 0.1) is 6.61 Å². The zero-order chi connectivity index (χ0) is 15.9. The van der Waals surface area contributed by atoms with Gasteiger partial charge in [-0.2, -0.15) is 11.8 Å². The SMILES string of the molecule is COCC(N)C(=O)Nc1cccc(C(=O)N2CCSCC2)c1.Cl. The molecule has 128 valence electrons. The third-order valence-corrected chi connectivity index (χ3v) is 4.30. The van der Waals surface area contributed by atoms with E-state index in [1.165, 1.54) is 7.11 Å². The number of benzene rings is 1. The van der Waals surface area contributed by atoms with E-state index in [2.05, 4.69) is 5.32 Å². The first-order valence-electron chi connectivity index (χ1n) is 7.14. The lowest BCUT2D eigenvalue weighted by molar-refractivity contribution is -0.118. The average Bonchev–Trinajstić information content (AvgIpc) is 2.55. The smallest absolute Gasteiger partial charge is 0.253 e. The zero-order valence-electron chi connectivity index (χ0n) is 13.0. The summed E-state index contributed by atoms with van der Waals surface area (Å²) >= 11 is 1.85. The topological polar surface area (TPSA) is 84.7 Å². The largest absolute Gasteiger partial charge is 0.383 e. The fourth-order valence-electron chi connectivity index (χ4n) is 2.17. The molecule has 1 heterocycles. The molecule has 1 saturated heterocycles. The first-order valence-corrected chi connectivity index (χ1v) is 8.29. The number of hydrogen-bond acceptors (Lipinski definition) is 5. The molecule has 2 rings (SSSR count). The molecule has 0 radical (unpaired) electrons. The highest BCUT2D eigenvalue weighted by Crippen LogP contribution is 2.16. The number of carbonyl (C=O) groups excluding carboxylic acids is 2. The van der Waals surface area contributed by atoms with E-state index in [0.717, 1.165) is 24.6 Å². The molecule has 1 aliphatic rings. The molecule has 1 unspecified atom stereocenters. The van der Waals surface area contributed by atoms with Gasteiger partial charge in [0.2, 0.25) is 5.91 Å². The number of amides is 2. The maximum atomic E-state index is 12.4. The average molecular weight is 360 g/mol. The minimum atomic E-state index is -0.733. The van der Waals surface area contributed by atoms with Gasteiger partial charge in [-0.1, -0.05) is 6.07 Å². The number of ether oxygens (including phenoxy) is 1. The predicted molar refractivity (Wildman–Crippen MR) is 95.4 cm³/mol. The van der Waals surface area contributed by atoms with Crippen molar-refractivity contribution < 1.29 is 14.3 Å². The van der Waals surface area contributed by atoms with Crippen molar-refractivity contribution in [3.05, 3.63) is 29.8 Å². The Morgan fingerprint density at radius 1 is 1.39 bits per heavy atom. The summed E-state index contributed by atoms with van der Waals surface area (Å²) in [6.07, 6.45) is 0. The summed E-state index contributed by atoms with van der Waals surface area (Å²) in [6, 6.07) is 6.20. The fourth-order valence-corrected chi connectivity index (χ4v) is 3.07. The zero-order valence-corrected chi connectivity index (χ0v) is 14.6. The van der Waals surface area contributed by atoms with Crippen LogP contribution in [0.15, 0.2) is 24.3 Å². The highest BCUT2D eigenvalue weighted by atomic mass is 35.5. The lowest BCUT2D eigenvalue weighted by Gasteiger charge is -2.26. The summed E-state index contributed by atoms with van der Waals surface area (Å²) in [4.78, 5) is 26.1. The number of nitrogens with two attached hydrogens (primary N) is 1. The highest BCUT2D eigenvalue weighted by Gasteiger charge is 2.19. The van der Waals surface area contributed by atoms with Gasteiger partial charge in [0.1, 0.15) is 6.04 Å². The molecule has 1 aromatic carbocycles. The van der Waals surface area contributed by atoms with Gasteiger partial charge in [0, 0.05) is 43.0 Å². The number of halogens is 1. The molecular formula is C15H22ClN3O3S. The molecule has 3 N–H and O–H groups in total. The maximum absolute atomic E-state index is 12.4. The van der Waals surface area contributed by atoms with Crippen LogP contribution in [0.5, 0.6) is 0 Å². The van der Waals surface area contributed by atoms with Crippen molar-refractivity contribution >= 4 is 41.7 Å². The van der Waals surface area contributed by atoms with E-state index < -0.39 is 6.04 Å². The van der Waals surface area contributed by atoms with Gasteiger partial charge in [-0.05, 0) is 18.2 Å².